The van der Waals surface area contributed by atoms with E-state index in [1.807, 2.05) is 0 Å². The molecule has 0 unspecified atom stereocenters. The maximum Gasteiger partial charge on any atom is 0.312 e. The van der Waals surface area contributed by atoms with Crippen LogP contribution in [0, 0.1) is 10.1 Å². The molecule has 19 heavy (non-hydrogen) atoms. The van der Waals surface area contributed by atoms with Gasteiger partial charge in [0.05, 0.1) is 0 Å². The van der Waals surface area contributed by atoms with E-state index in [1.165, 1.54) is 0 Å². The molecular formula is C9H15NO9. The van der Waals surface area contributed by atoms with Crippen molar-refractivity contribution >= 4 is 5.97 Å². The minimum atomic E-state index is -1.72. The van der Waals surface area contributed by atoms with E-state index >= 15 is 0 Å². The number of carbonyl (C=O) groups is 1. The highest BCUT2D eigenvalue weighted by Gasteiger charge is 2.43. The van der Waals surface area contributed by atoms with Crippen LogP contribution in [-0.4, -0.2) is 75.2 Å². The number of ether oxygens (including phenoxy) is 2. The molecule has 0 aromatic heterocycles. The minimum absolute atomic E-state index is 0.441. The molecule has 4 N–H and O–H groups in total. The standard InChI is InChI=1S/C9H15NO9/c11-5(1-2-10(16)17)18-3-4-6(12)7(13)8(14)9(15)19-4/h4,6-9,12-15H,1-3H2/t4-,6+,7+,8-,9-/m1/s1. The Hall–Kier alpha value is -1.33. The van der Waals surface area contributed by atoms with Crippen LogP contribution in [0.5, 0.6) is 0 Å². The number of aliphatic hydroxyl groups is 4. The van der Waals surface area contributed by atoms with Gasteiger partial charge in [-0.15, -0.1) is 0 Å². The second-order valence-corrected chi connectivity index (χ2v) is 4.03. The molecule has 10 heteroatoms. The molecule has 1 saturated heterocycles. The van der Waals surface area contributed by atoms with Crippen molar-refractivity contribution < 1.29 is 39.6 Å². The highest BCUT2D eigenvalue weighted by atomic mass is 16.7. The lowest BCUT2D eigenvalue weighted by Crippen LogP contribution is -2.58. The third-order valence-electron chi connectivity index (χ3n) is 2.59. The van der Waals surface area contributed by atoms with Crippen molar-refractivity contribution in [3.8, 4) is 0 Å². The molecule has 1 aliphatic rings. The zero-order valence-electron chi connectivity index (χ0n) is 9.79. The van der Waals surface area contributed by atoms with Gasteiger partial charge in [-0.2, -0.15) is 0 Å². The first kappa shape index (κ1) is 15.7. The van der Waals surface area contributed by atoms with E-state index < -0.39 is 61.2 Å². The molecule has 1 fully saturated rings. The summed E-state index contributed by atoms with van der Waals surface area (Å²) in [4.78, 5) is 20.4. The van der Waals surface area contributed by atoms with Gasteiger partial charge < -0.3 is 29.9 Å². The van der Waals surface area contributed by atoms with E-state index in [9.17, 15) is 35.3 Å². The number of hydrogen-bond donors (Lipinski definition) is 4. The first-order valence-corrected chi connectivity index (χ1v) is 5.48. The van der Waals surface area contributed by atoms with Crippen LogP contribution in [0.4, 0.5) is 0 Å². The Balaban J connectivity index is 2.40. The summed E-state index contributed by atoms with van der Waals surface area (Å²) in [6, 6.07) is 0. The van der Waals surface area contributed by atoms with Crippen molar-refractivity contribution in [1.82, 2.24) is 0 Å². The maximum absolute atomic E-state index is 11.1. The summed E-state index contributed by atoms with van der Waals surface area (Å²) in [7, 11) is 0. The van der Waals surface area contributed by atoms with Crippen molar-refractivity contribution in [1.29, 1.82) is 0 Å². The van der Waals surface area contributed by atoms with Gasteiger partial charge in [-0.25, -0.2) is 0 Å². The summed E-state index contributed by atoms with van der Waals surface area (Å²) in [6.07, 6.45) is -8.26. The Morgan fingerprint density at radius 3 is 2.42 bits per heavy atom. The van der Waals surface area contributed by atoms with E-state index in [-0.39, 0.29) is 0 Å². The fourth-order valence-corrected chi connectivity index (χ4v) is 1.50. The molecular weight excluding hydrogens is 266 g/mol. The molecule has 0 aromatic rings. The molecule has 0 aromatic carbocycles. The van der Waals surface area contributed by atoms with Crippen LogP contribution >= 0.6 is 0 Å². The van der Waals surface area contributed by atoms with E-state index in [0.717, 1.165) is 0 Å². The molecule has 0 saturated carbocycles. The molecule has 0 aliphatic carbocycles. The van der Waals surface area contributed by atoms with E-state index in [4.69, 9.17) is 4.74 Å². The first-order valence-electron chi connectivity index (χ1n) is 5.48. The Morgan fingerprint density at radius 2 is 1.84 bits per heavy atom. The van der Waals surface area contributed by atoms with Crippen molar-refractivity contribution in [2.24, 2.45) is 0 Å². The minimum Gasteiger partial charge on any atom is -0.463 e. The maximum atomic E-state index is 11.1. The number of carbonyl (C=O) groups excluding carboxylic acids is 1. The third-order valence-corrected chi connectivity index (χ3v) is 2.59. The number of esters is 1. The fourth-order valence-electron chi connectivity index (χ4n) is 1.50. The van der Waals surface area contributed by atoms with Gasteiger partial charge in [0.15, 0.2) is 6.29 Å². The van der Waals surface area contributed by atoms with Crippen LogP contribution in [-0.2, 0) is 14.3 Å². The summed E-state index contributed by atoms with van der Waals surface area (Å²) >= 11 is 0. The molecule has 10 nitrogen and oxygen atoms in total. The fraction of sp³-hybridized carbons (Fsp3) is 0.889. The van der Waals surface area contributed by atoms with Crippen molar-refractivity contribution in [2.45, 2.75) is 37.1 Å². The van der Waals surface area contributed by atoms with Gasteiger partial charge >= 0.3 is 5.97 Å². The SMILES string of the molecule is O=C(CC[N+](=O)[O-])OC[C@H]1O[C@@H](O)[C@H](O)[C@@H](O)[C@H]1O. The van der Waals surface area contributed by atoms with Gasteiger partial charge in [-0.05, 0) is 0 Å². The molecule has 1 rings (SSSR count). The highest BCUT2D eigenvalue weighted by molar-refractivity contribution is 5.69. The lowest BCUT2D eigenvalue weighted by molar-refractivity contribution is -0.479. The van der Waals surface area contributed by atoms with Gasteiger partial charge in [0, 0.05) is 4.92 Å². The Labute approximate surface area is 107 Å². The van der Waals surface area contributed by atoms with Crippen LogP contribution < -0.4 is 0 Å². The second-order valence-electron chi connectivity index (χ2n) is 4.03. The van der Waals surface area contributed by atoms with Gasteiger partial charge in [0.25, 0.3) is 0 Å². The lowest BCUT2D eigenvalue weighted by Gasteiger charge is -2.37. The van der Waals surface area contributed by atoms with Crippen LogP contribution in [0.3, 0.4) is 0 Å². The molecule has 110 valence electrons. The molecule has 1 heterocycles. The summed E-state index contributed by atoms with van der Waals surface area (Å²) in [5.74, 6) is -0.873. The topological polar surface area (TPSA) is 160 Å². The Morgan fingerprint density at radius 1 is 1.21 bits per heavy atom. The predicted octanol–water partition coefficient (Wildman–Crippen LogP) is -3.00. The predicted molar refractivity (Wildman–Crippen MR) is 56.3 cm³/mol. The van der Waals surface area contributed by atoms with Crippen molar-refractivity contribution in [3.05, 3.63) is 10.1 Å². The largest absolute Gasteiger partial charge is 0.463 e. The second kappa shape index (κ2) is 6.73. The van der Waals surface area contributed by atoms with E-state index in [1.54, 1.807) is 0 Å². The summed E-state index contributed by atoms with van der Waals surface area (Å²) in [6.45, 7) is -1.09. The number of nitrogens with zero attached hydrogens (tertiary/aromatic N) is 1. The molecule has 1 aliphatic heterocycles. The lowest BCUT2D eigenvalue weighted by atomic mass is 9.99. The zero-order valence-corrected chi connectivity index (χ0v) is 9.79. The van der Waals surface area contributed by atoms with Crippen LogP contribution in [0.15, 0.2) is 0 Å². The van der Waals surface area contributed by atoms with E-state index in [2.05, 4.69) is 4.74 Å². The van der Waals surface area contributed by atoms with Crippen molar-refractivity contribution in [2.75, 3.05) is 13.2 Å². The third kappa shape index (κ3) is 4.36. The molecule has 0 amide bonds. The summed E-state index contributed by atoms with van der Waals surface area (Å²) < 4.78 is 9.34. The average molecular weight is 281 g/mol. The monoisotopic (exact) mass is 281 g/mol. The first-order chi connectivity index (χ1) is 8.82. The zero-order chi connectivity index (χ0) is 14.6. The number of rotatable bonds is 5. The Kier molecular flexibility index (Phi) is 5.57. The number of nitro groups is 1. The van der Waals surface area contributed by atoms with Gasteiger partial charge in [-0.1, -0.05) is 0 Å². The average Bonchev–Trinajstić information content (AvgIpc) is 2.36. The van der Waals surface area contributed by atoms with E-state index in [0.29, 0.717) is 0 Å². The summed E-state index contributed by atoms with van der Waals surface area (Å²) in [5.41, 5.74) is 0. The van der Waals surface area contributed by atoms with Gasteiger partial charge in [0.2, 0.25) is 6.54 Å². The van der Waals surface area contributed by atoms with Crippen LogP contribution in [0.2, 0.25) is 0 Å². The molecule has 5 atom stereocenters. The smallest absolute Gasteiger partial charge is 0.312 e. The number of hydrogen-bond acceptors (Lipinski definition) is 9. The molecule has 0 spiro atoms. The Bertz CT molecular complexity index is 336. The quantitative estimate of drug-likeness (QED) is 0.234. The molecule has 0 bridgehead atoms. The highest BCUT2D eigenvalue weighted by Crippen LogP contribution is 2.20. The molecule has 0 radical (unpaired) electrons. The van der Waals surface area contributed by atoms with Crippen molar-refractivity contribution in [3.63, 3.8) is 0 Å². The van der Waals surface area contributed by atoms with Gasteiger partial charge in [-0.3, -0.25) is 14.9 Å². The van der Waals surface area contributed by atoms with Crippen LogP contribution in [0.1, 0.15) is 6.42 Å². The number of aliphatic hydroxyl groups excluding tert-OH is 4. The van der Waals surface area contributed by atoms with Crippen LogP contribution in [0.25, 0.3) is 0 Å². The van der Waals surface area contributed by atoms with Gasteiger partial charge in [0.1, 0.15) is 37.4 Å². The normalized spacial score (nSPS) is 34.8. The summed E-state index contributed by atoms with van der Waals surface area (Å²) in [5, 5.41) is 47.3.